The molecule has 0 spiro atoms. The van der Waals surface area contributed by atoms with Gasteiger partial charge in [0.1, 0.15) is 18.2 Å². The Morgan fingerprint density at radius 3 is 2.40 bits per heavy atom. The quantitative estimate of drug-likeness (QED) is 0.664. The first-order valence-electron chi connectivity index (χ1n) is 7.84. The summed E-state index contributed by atoms with van der Waals surface area (Å²) in [6.45, 7) is 3.41. The van der Waals surface area contributed by atoms with Crippen molar-refractivity contribution in [1.29, 1.82) is 0 Å². The molecule has 0 aliphatic carbocycles. The van der Waals surface area contributed by atoms with E-state index in [2.05, 4.69) is 9.97 Å². The van der Waals surface area contributed by atoms with Crippen LogP contribution in [0.2, 0.25) is 0 Å². The zero-order valence-electron chi connectivity index (χ0n) is 13.9. The van der Waals surface area contributed by atoms with Crippen molar-refractivity contribution >= 4 is 17.0 Å². The molecule has 1 heterocycles. The van der Waals surface area contributed by atoms with Crippen molar-refractivity contribution in [2.45, 2.75) is 26.6 Å². The normalized spacial score (nSPS) is 12.0. The lowest BCUT2D eigenvalue weighted by Crippen LogP contribution is -2.26. The van der Waals surface area contributed by atoms with Crippen molar-refractivity contribution < 1.29 is 18.7 Å². The summed E-state index contributed by atoms with van der Waals surface area (Å²) in [6.07, 6.45) is -0.820. The van der Waals surface area contributed by atoms with E-state index in [4.69, 9.17) is 9.47 Å². The number of halogens is 1. The molecule has 0 unspecified atom stereocenters. The molecule has 0 bridgehead atoms. The highest BCUT2D eigenvalue weighted by molar-refractivity contribution is 5.75. The number of carbonyl (C=O) groups excluding carboxylic acids is 1. The summed E-state index contributed by atoms with van der Waals surface area (Å²) in [5, 5.41) is 0. The molecule has 0 aliphatic heterocycles. The fraction of sp³-hybridized carbons (Fsp3) is 0.211. The van der Waals surface area contributed by atoms with Gasteiger partial charge in [0.05, 0.1) is 22.4 Å². The van der Waals surface area contributed by atoms with Crippen LogP contribution in [-0.2, 0) is 16.1 Å². The zero-order chi connectivity index (χ0) is 17.8. The lowest BCUT2D eigenvalue weighted by atomic mass is 10.2. The van der Waals surface area contributed by atoms with Crippen LogP contribution >= 0.6 is 0 Å². The molecule has 2 aromatic carbocycles. The van der Waals surface area contributed by atoms with Crippen molar-refractivity contribution in [3.05, 3.63) is 65.7 Å². The Morgan fingerprint density at radius 1 is 1.08 bits per heavy atom. The summed E-state index contributed by atoms with van der Waals surface area (Å²) < 4.78 is 23.6. The second-order valence-corrected chi connectivity index (χ2v) is 5.57. The van der Waals surface area contributed by atoms with Gasteiger partial charge in [-0.05, 0) is 50.2 Å². The highest BCUT2D eigenvalue weighted by Gasteiger charge is 2.17. The summed E-state index contributed by atoms with van der Waals surface area (Å²) in [4.78, 5) is 21.0. The van der Waals surface area contributed by atoms with Crippen molar-refractivity contribution in [1.82, 2.24) is 9.97 Å². The first kappa shape index (κ1) is 16.8. The average molecular weight is 340 g/mol. The summed E-state index contributed by atoms with van der Waals surface area (Å²) in [7, 11) is 0. The summed E-state index contributed by atoms with van der Waals surface area (Å²) >= 11 is 0. The van der Waals surface area contributed by atoms with Crippen LogP contribution in [0.4, 0.5) is 4.39 Å². The van der Waals surface area contributed by atoms with E-state index in [0.29, 0.717) is 17.1 Å². The molecule has 0 aliphatic rings. The van der Waals surface area contributed by atoms with Gasteiger partial charge in [-0.3, -0.25) is 0 Å². The van der Waals surface area contributed by atoms with E-state index >= 15 is 0 Å². The minimum Gasteiger partial charge on any atom is -0.479 e. The van der Waals surface area contributed by atoms with Gasteiger partial charge in [-0.2, -0.15) is 0 Å². The van der Waals surface area contributed by atoms with E-state index in [1.165, 1.54) is 24.3 Å². The third kappa shape index (κ3) is 4.09. The largest absolute Gasteiger partial charge is 0.479 e. The molecule has 1 aromatic heterocycles. The van der Waals surface area contributed by atoms with Crippen LogP contribution in [0, 0.1) is 12.7 Å². The number of aryl methyl sites for hydroxylation is 1. The van der Waals surface area contributed by atoms with Crippen molar-refractivity contribution in [3.63, 3.8) is 0 Å². The first-order valence-corrected chi connectivity index (χ1v) is 7.84. The molecule has 0 saturated carbocycles. The lowest BCUT2D eigenvalue weighted by Gasteiger charge is -2.14. The van der Waals surface area contributed by atoms with Gasteiger partial charge >= 0.3 is 5.97 Å². The number of hydrogen-bond donors (Lipinski definition) is 0. The summed E-state index contributed by atoms with van der Waals surface area (Å²) in [5.41, 5.74) is 2.84. The molecule has 3 aromatic rings. The Balaban J connectivity index is 1.63. The fourth-order valence-electron chi connectivity index (χ4n) is 2.28. The number of rotatable bonds is 5. The molecule has 0 fully saturated rings. The Labute approximate surface area is 144 Å². The van der Waals surface area contributed by atoms with E-state index in [9.17, 15) is 9.18 Å². The molecule has 0 radical (unpaired) electrons. The van der Waals surface area contributed by atoms with E-state index in [0.717, 1.165) is 11.0 Å². The number of hydrogen-bond acceptors (Lipinski definition) is 5. The highest BCUT2D eigenvalue weighted by Crippen LogP contribution is 2.15. The van der Waals surface area contributed by atoms with Gasteiger partial charge in [-0.25, -0.2) is 19.2 Å². The first-order chi connectivity index (χ1) is 12.0. The number of esters is 1. The minimum absolute atomic E-state index is 0.0135. The Kier molecular flexibility index (Phi) is 4.88. The maximum atomic E-state index is 12.9. The number of ether oxygens (including phenoxy) is 2. The SMILES string of the molecule is Cc1nc2ccccc2nc1COC(=O)[C@H](C)Oc1ccc(F)cc1. The average Bonchev–Trinajstić information content (AvgIpc) is 2.61. The number of benzene rings is 2. The molecule has 0 N–H and O–H groups in total. The fourth-order valence-corrected chi connectivity index (χ4v) is 2.28. The van der Waals surface area contributed by atoms with Crippen LogP contribution in [0.5, 0.6) is 5.75 Å². The third-order valence-corrected chi connectivity index (χ3v) is 3.65. The summed E-state index contributed by atoms with van der Waals surface area (Å²) in [6, 6.07) is 12.9. The number of nitrogens with zero attached hydrogens (tertiary/aromatic N) is 2. The van der Waals surface area contributed by atoms with E-state index in [1.54, 1.807) is 6.92 Å². The Bertz CT molecular complexity index is 897. The second kappa shape index (κ2) is 7.25. The summed E-state index contributed by atoms with van der Waals surface area (Å²) in [5.74, 6) is -0.501. The van der Waals surface area contributed by atoms with E-state index in [1.807, 2.05) is 31.2 Å². The minimum atomic E-state index is -0.820. The van der Waals surface area contributed by atoms with Crippen molar-refractivity contribution in [2.75, 3.05) is 0 Å². The van der Waals surface area contributed by atoms with Gasteiger partial charge < -0.3 is 9.47 Å². The molecular weight excluding hydrogens is 323 g/mol. The molecule has 6 heteroatoms. The maximum absolute atomic E-state index is 12.9. The topological polar surface area (TPSA) is 61.3 Å². The molecule has 5 nitrogen and oxygen atoms in total. The maximum Gasteiger partial charge on any atom is 0.347 e. The predicted molar refractivity (Wildman–Crippen MR) is 90.6 cm³/mol. The number of para-hydroxylation sites is 2. The number of carbonyl (C=O) groups is 1. The second-order valence-electron chi connectivity index (χ2n) is 5.57. The number of fused-ring (bicyclic) bond motifs is 1. The van der Waals surface area contributed by atoms with E-state index < -0.39 is 12.1 Å². The van der Waals surface area contributed by atoms with Crippen LogP contribution < -0.4 is 4.74 Å². The Hall–Kier alpha value is -3.02. The van der Waals surface area contributed by atoms with Crippen LogP contribution in [0.15, 0.2) is 48.5 Å². The monoisotopic (exact) mass is 340 g/mol. The lowest BCUT2D eigenvalue weighted by molar-refractivity contribution is -0.152. The van der Waals surface area contributed by atoms with Gasteiger partial charge in [0.15, 0.2) is 6.10 Å². The van der Waals surface area contributed by atoms with Gasteiger partial charge in [0, 0.05) is 0 Å². The van der Waals surface area contributed by atoms with Crippen LogP contribution in [0.3, 0.4) is 0 Å². The van der Waals surface area contributed by atoms with Gasteiger partial charge in [0.2, 0.25) is 0 Å². The van der Waals surface area contributed by atoms with Crippen LogP contribution in [0.1, 0.15) is 18.3 Å². The molecule has 128 valence electrons. The standard InChI is InChI=1S/C19H17FN2O3/c1-12-18(22-17-6-4-3-5-16(17)21-12)11-24-19(23)13(2)25-15-9-7-14(20)8-10-15/h3-10,13H,11H2,1-2H3/t13-/m0/s1. The molecule has 0 amide bonds. The van der Waals surface area contributed by atoms with E-state index in [-0.39, 0.29) is 12.4 Å². The zero-order valence-corrected chi connectivity index (χ0v) is 13.9. The van der Waals surface area contributed by atoms with Gasteiger partial charge in [0.25, 0.3) is 0 Å². The molecule has 25 heavy (non-hydrogen) atoms. The number of aromatic nitrogens is 2. The van der Waals surface area contributed by atoms with Gasteiger partial charge in [-0.15, -0.1) is 0 Å². The highest BCUT2D eigenvalue weighted by atomic mass is 19.1. The van der Waals surface area contributed by atoms with Crippen LogP contribution in [-0.4, -0.2) is 22.0 Å². The molecular formula is C19H17FN2O3. The molecule has 3 rings (SSSR count). The third-order valence-electron chi connectivity index (χ3n) is 3.65. The predicted octanol–water partition coefficient (Wildman–Crippen LogP) is 3.59. The molecule has 0 saturated heterocycles. The smallest absolute Gasteiger partial charge is 0.347 e. The van der Waals surface area contributed by atoms with Crippen molar-refractivity contribution in [3.8, 4) is 5.75 Å². The molecule has 1 atom stereocenters. The van der Waals surface area contributed by atoms with Crippen molar-refractivity contribution in [2.24, 2.45) is 0 Å². The Morgan fingerprint density at radius 2 is 1.72 bits per heavy atom. The van der Waals surface area contributed by atoms with Crippen LogP contribution in [0.25, 0.3) is 11.0 Å². The van der Waals surface area contributed by atoms with Gasteiger partial charge in [-0.1, -0.05) is 12.1 Å².